The van der Waals surface area contributed by atoms with Gasteiger partial charge in [0.15, 0.2) is 0 Å². The number of fused-ring (bicyclic) bond motifs is 1. The molecule has 1 heteroatoms. The van der Waals surface area contributed by atoms with Crippen LogP contribution < -0.4 is 4.74 Å². The zero-order valence-corrected chi connectivity index (χ0v) is 9.29. The van der Waals surface area contributed by atoms with Gasteiger partial charge in [-0.25, -0.2) is 0 Å². The maximum atomic E-state index is 5.85. The van der Waals surface area contributed by atoms with Crippen molar-refractivity contribution in [3.05, 3.63) is 36.4 Å². The maximum Gasteiger partial charge on any atom is 0.126 e. The average Bonchev–Trinajstić information content (AvgIpc) is 2.78. The molecule has 1 saturated carbocycles. The summed E-state index contributed by atoms with van der Waals surface area (Å²) in [5, 5.41) is 0. The van der Waals surface area contributed by atoms with Crippen molar-refractivity contribution >= 4 is 5.57 Å². The first-order valence-corrected chi connectivity index (χ1v) is 5.59. The molecule has 1 aromatic carbocycles. The highest BCUT2D eigenvalue weighted by molar-refractivity contribution is 5.77. The molecule has 1 fully saturated rings. The molecule has 15 heavy (non-hydrogen) atoms. The monoisotopic (exact) mass is 200 g/mol. The molecule has 1 aliphatic carbocycles. The van der Waals surface area contributed by atoms with Crippen LogP contribution in [-0.4, -0.2) is 6.61 Å². The summed E-state index contributed by atoms with van der Waals surface area (Å²) in [5.74, 6) is 2.41. The fourth-order valence-corrected chi connectivity index (χ4v) is 3.05. The minimum atomic E-state index is 0.231. The van der Waals surface area contributed by atoms with E-state index < -0.39 is 0 Å². The van der Waals surface area contributed by atoms with E-state index >= 15 is 0 Å². The highest BCUT2D eigenvalue weighted by Crippen LogP contribution is 2.67. The Labute approximate surface area is 90.8 Å². The van der Waals surface area contributed by atoms with Crippen LogP contribution in [0.3, 0.4) is 0 Å². The number of benzene rings is 1. The summed E-state index contributed by atoms with van der Waals surface area (Å²) in [6, 6.07) is 8.23. The van der Waals surface area contributed by atoms with Crippen molar-refractivity contribution < 1.29 is 4.74 Å². The fraction of sp³-hybridized carbons (Fsp3) is 0.429. The lowest BCUT2D eigenvalue weighted by atomic mass is 9.86. The van der Waals surface area contributed by atoms with Gasteiger partial charge in [-0.05, 0) is 23.5 Å². The quantitative estimate of drug-likeness (QED) is 0.624. The molecule has 0 amide bonds. The predicted molar refractivity (Wildman–Crippen MR) is 61.7 cm³/mol. The molecule has 2 atom stereocenters. The molecule has 1 heterocycles. The van der Waals surface area contributed by atoms with Crippen LogP contribution in [0.2, 0.25) is 0 Å². The van der Waals surface area contributed by atoms with Crippen molar-refractivity contribution in [1.82, 2.24) is 0 Å². The van der Waals surface area contributed by atoms with E-state index in [0.29, 0.717) is 11.8 Å². The zero-order valence-electron chi connectivity index (χ0n) is 9.29. The van der Waals surface area contributed by atoms with Crippen LogP contribution in [0.15, 0.2) is 30.8 Å². The number of ether oxygens (including phenoxy) is 1. The summed E-state index contributed by atoms with van der Waals surface area (Å²) in [5.41, 5.74) is 2.72. The predicted octanol–water partition coefficient (Wildman–Crippen LogP) is 3.36. The maximum absolute atomic E-state index is 5.85. The molecule has 1 spiro atoms. The molecule has 1 aliphatic heterocycles. The molecule has 1 nitrogen and oxygen atoms in total. The van der Waals surface area contributed by atoms with E-state index in [1.807, 2.05) is 12.1 Å². The van der Waals surface area contributed by atoms with E-state index in [1.165, 1.54) is 11.1 Å². The van der Waals surface area contributed by atoms with Gasteiger partial charge in [0.05, 0.1) is 6.61 Å². The lowest BCUT2D eigenvalue weighted by Crippen LogP contribution is -2.23. The Morgan fingerprint density at radius 3 is 2.60 bits per heavy atom. The van der Waals surface area contributed by atoms with Crippen LogP contribution in [0.4, 0.5) is 0 Å². The van der Waals surface area contributed by atoms with Gasteiger partial charge in [-0.2, -0.15) is 0 Å². The molecular weight excluding hydrogens is 184 g/mol. The average molecular weight is 200 g/mol. The summed E-state index contributed by atoms with van der Waals surface area (Å²) in [6.45, 7) is 9.70. The highest BCUT2D eigenvalue weighted by atomic mass is 16.5. The van der Waals surface area contributed by atoms with Crippen molar-refractivity contribution in [3.63, 3.8) is 0 Å². The van der Waals surface area contributed by atoms with Gasteiger partial charge in [-0.1, -0.05) is 38.6 Å². The summed E-state index contributed by atoms with van der Waals surface area (Å²) in [4.78, 5) is 0. The third-order valence-corrected chi connectivity index (χ3v) is 4.51. The van der Waals surface area contributed by atoms with E-state index in [9.17, 15) is 0 Å². The lowest BCUT2D eigenvalue weighted by Gasteiger charge is -2.29. The molecule has 0 saturated heterocycles. The summed E-state index contributed by atoms with van der Waals surface area (Å²) < 4.78 is 5.85. The van der Waals surface area contributed by atoms with Gasteiger partial charge in [0.2, 0.25) is 0 Å². The number of hydrogen-bond acceptors (Lipinski definition) is 1. The van der Waals surface area contributed by atoms with E-state index in [-0.39, 0.29) is 5.41 Å². The first-order valence-electron chi connectivity index (χ1n) is 5.59. The second kappa shape index (κ2) is 2.66. The molecule has 0 aromatic heterocycles. The molecule has 0 bridgehead atoms. The number of hydrogen-bond donors (Lipinski definition) is 0. The minimum Gasteiger partial charge on any atom is -0.492 e. The van der Waals surface area contributed by atoms with Gasteiger partial charge in [0.25, 0.3) is 0 Å². The topological polar surface area (TPSA) is 9.23 Å². The van der Waals surface area contributed by atoms with Crippen LogP contribution in [0.5, 0.6) is 5.75 Å². The third kappa shape index (κ3) is 0.935. The first kappa shape index (κ1) is 9.02. The minimum absolute atomic E-state index is 0.231. The standard InChI is InChI=1S/C14H16O/c1-9-10(2)14(9)8-15-13-7-5-4-6-12(13)11(14)3/h4-7,9-10H,3,8H2,1-2H3. The van der Waals surface area contributed by atoms with E-state index in [4.69, 9.17) is 4.74 Å². The van der Waals surface area contributed by atoms with E-state index in [1.54, 1.807) is 0 Å². The van der Waals surface area contributed by atoms with Crippen molar-refractivity contribution in [1.29, 1.82) is 0 Å². The number of para-hydroxylation sites is 1. The molecule has 2 unspecified atom stereocenters. The van der Waals surface area contributed by atoms with Crippen LogP contribution >= 0.6 is 0 Å². The zero-order chi connectivity index (χ0) is 10.6. The Morgan fingerprint density at radius 2 is 1.93 bits per heavy atom. The Hall–Kier alpha value is -1.24. The summed E-state index contributed by atoms with van der Waals surface area (Å²) in [6.07, 6.45) is 0. The highest BCUT2D eigenvalue weighted by Gasteiger charge is 2.62. The van der Waals surface area contributed by atoms with Gasteiger partial charge in [-0.15, -0.1) is 0 Å². The third-order valence-electron chi connectivity index (χ3n) is 4.51. The Bertz CT molecular complexity index is 425. The van der Waals surface area contributed by atoms with Crippen molar-refractivity contribution in [3.8, 4) is 5.75 Å². The fourth-order valence-electron chi connectivity index (χ4n) is 3.05. The van der Waals surface area contributed by atoms with Gasteiger partial charge >= 0.3 is 0 Å². The molecule has 1 aromatic rings. The molecule has 2 aliphatic rings. The van der Waals surface area contributed by atoms with Crippen molar-refractivity contribution in [2.24, 2.45) is 17.3 Å². The second-order valence-corrected chi connectivity index (χ2v) is 4.88. The van der Waals surface area contributed by atoms with Crippen molar-refractivity contribution in [2.45, 2.75) is 13.8 Å². The second-order valence-electron chi connectivity index (χ2n) is 4.88. The van der Waals surface area contributed by atoms with Gasteiger partial charge in [-0.3, -0.25) is 0 Å². The van der Waals surface area contributed by atoms with Crippen LogP contribution in [0, 0.1) is 17.3 Å². The molecule has 3 rings (SSSR count). The van der Waals surface area contributed by atoms with Gasteiger partial charge in [0.1, 0.15) is 5.75 Å². The SMILES string of the molecule is C=C1c2ccccc2OCC12C(C)C2C. The normalized spacial score (nSPS) is 37.3. The first-order chi connectivity index (χ1) is 7.18. The van der Waals surface area contributed by atoms with Crippen molar-refractivity contribution in [2.75, 3.05) is 6.61 Å². The Kier molecular flexibility index (Phi) is 1.60. The van der Waals surface area contributed by atoms with Crippen LogP contribution in [-0.2, 0) is 0 Å². The summed E-state index contributed by atoms with van der Waals surface area (Å²) >= 11 is 0. The van der Waals surface area contributed by atoms with Crippen LogP contribution in [0.1, 0.15) is 19.4 Å². The molecule has 78 valence electrons. The molecular formula is C14H16O. The van der Waals surface area contributed by atoms with Gasteiger partial charge in [0, 0.05) is 11.0 Å². The Balaban J connectivity index is 2.08. The van der Waals surface area contributed by atoms with E-state index in [0.717, 1.165) is 12.4 Å². The number of rotatable bonds is 0. The van der Waals surface area contributed by atoms with Crippen LogP contribution in [0.25, 0.3) is 5.57 Å². The van der Waals surface area contributed by atoms with Gasteiger partial charge < -0.3 is 4.74 Å². The molecule has 0 N–H and O–H groups in total. The summed E-state index contributed by atoms with van der Waals surface area (Å²) in [7, 11) is 0. The van der Waals surface area contributed by atoms with E-state index in [2.05, 4.69) is 32.6 Å². The Morgan fingerprint density at radius 1 is 1.27 bits per heavy atom. The lowest BCUT2D eigenvalue weighted by molar-refractivity contribution is 0.240. The largest absolute Gasteiger partial charge is 0.492 e. The smallest absolute Gasteiger partial charge is 0.126 e. The molecule has 0 radical (unpaired) electrons.